The second kappa shape index (κ2) is 9.14. The second-order valence-electron chi connectivity index (χ2n) is 8.42. The fourth-order valence-corrected chi connectivity index (χ4v) is 4.52. The van der Waals surface area contributed by atoms with Gasteiger partial charge in [0, 0.05) is 23.0 Å². The lowest BCUT2D eigenvalue weighted by Gasteiger charge is -2.21. The predicted octanol–water partition coefficient (Wildman–Crippen LogP) is 3.58. The maximum Gasteiger partial charge on any atom is 0.325 e. The molecular formula is C24H23F2N3O5S. The van der Waals surface area contributed by atoms with Crippen LogP contribution >= 0.6 is 0 Å². The summed E-state index contributed by atoms with van der Waals surface area (Å²) in [5.74, 6) is 0.277. The summed E-state index contributed by atoms with van der Waals surface area (Å²) in [6, 6.07) is 9.71. The maximum atomic E-state index is 14.0. The number of methoxy groups -OCH3 is 1. The number of halogens is 2. The number of sulfonamides is 1. The van der Waals surface area contributed by atoms with Gasteiger partial charge in [-0.05, 0) is 48.2 Å². The van der Waals surface area contributed by atoms with Crippen LogP contribution in [0.1, 0.15) is 29.5 Å². The van der Waals surface area contributed by atoms with E-state index in [4.69, 9.17) is 4.74 Å². The monoisotopic (exact) mass is 503 g/mol. The van der Waals surface area contributed by atoms with Gasteiger partial charge < -0.3 is 9.72 Å². The highest BCUT2D eigenvalue weighted by Crippen LogP contribution is 2.56. The van der Waals surface area contributed by atoms with Crippen molar-refractivity contribution in [3.05, 3.63) is 80.1 Å². The Hall–Kier alpha value is -3.73. The van der Waals surface area contributed by atoms with Gasteiger partial charge in [-0.3, -0.25) is 14.5 Å². The molecule has 3 N–H and O–H groups in total. The van der Waals surface area contributed by atoms with E-state index < -0.39 is 33.1 Å². The molecule has 3 aromatic rings. The number of anilines is 1. The molecule has 35 heavy (non-hydrogen) atoms. The standard InChI is InChI=1S/C24H23F2N3O5S/c1-34-20-15(6-3-14-4-7-17(8-5-14)29-35(2,32)33)11-16(18-13-27-23(31)28-21(18)30)12-19(20)24(9-10-24)22(25)26/h3-8,11-13,22,29H,9-10H2,1-2H3,(H2,27,28,30,31). The fraction of sp³-hybridized carbons (Fsp3) is 0.250. The molecule has 0 atom stereocenters. The van der Waals surface area contributed by atoms with Crippen molar-refractivity contribution in [2.24, 2.45) is 0 Å². The van der Waals surface area contributed by atoms with E-state index in [1.807, 2.05) is 0 Å². The average Bonchev–Trinajstić information content (AvgIpc) is 3.59. The Kier molecular flexibility index (Phi) is 6.37. The van der Waals surface area contributed by atoms with Crippen LogP contribution in [0.2, 0.25) is 0 Å². The summed E-state index contributed by atoms with van der Waals surface area (Å²) >= 11 is 0. The van der Waals surface area contributed by atoms with Gasteiger partial charge in [-0.25, -0.2) is 22.0 Å². The lowest BCUT2D eigenvalue weighted by molar-refractivity contribution is 0.100. The van der Waals surface area contributed by atoms with Crippen LogP contribution < -0.4 is 20.7 Å². The van der Waals surface area contributed by atoms with Crippen LogP contribution in [0, 0.1) is 0 Å². The molecule has 0 aliphatic heterocycles. The normalized spacial score (nSPS) is 14.9. The quantitative estimate of drug-likeness (QED) is 0.406. The molecule has 0 spiro atoms. The summed E-state index contributed by atoms with van der Waals surface area (Å²) in [5.41, 5.74) is -0.310. The lowest BCUT2D eigenvalue weighted by Crippen LogP contribution is -2.23. The van der Waals surface area contributed by atoms with Crippen molar-refractivity contribution in [2.45, 2.75) is 24.7 Å². The Balaban J connectivity index is 1.81. The summed E-state index contributed by atoms with van der Waals surface area (Å²) in [6.07, 6.45) is 3.63. The number of alkyl halides is 2. The van der Waals surface area contributed by atoms with Gasteiger partial charge in [0.05, 0.1) is 24.3 Å². The minimum atomic E-state index is -3.41. The third-order valence-corrected chi connectivity index (χ3v) is 6.47. The molecule has 1 saturated carbocycles. The number of H-pyrrole nitrogens is 2. The Morgan fingerprint density at radius 1 is 1.11 bits per heavy atom. The van der Waals surface area contributed by atoms with E-state index in [1.54, 1.807) is 42.5 Å². The van der Waals surface area contributed by atoms with Crippen LogP contribution in [0.25, 0.3) is 23.3 Å². The third kappa shape index (κ3) is 5.19. The first kappa shape index (κ1) is 24.4. The molecule has 184 valence electrons. The maximum absolute atomic E-state index is 14.0. The Morgan fingerprint density at radius 3 is 2.34 bits per heavy atom. The smallest absolute Gasteiger partial charge is 0.325 e. The highest BCUT2D eigenvalue weighted by atomic mass is 32.2. The highest BCUT2D eigenvalue weighted by molar-refractivity contribution is 7.92. The SMILES string of the molecule is COc1c(C=Cc2ccc(NS(C)(=O)=O)cc2)cc(-c2c[nH]c(=O)[nH]c2=O)cc1C1(C(F)F)CC1. The highest BCUT2D eigenvalue weighted by Gasteiger charge is 2.54. The lowest BCUT2D eigenvalue weighted by atomic mass is 9.89. The fourth-order valence-electron chi connectivity index (χ4n) is 3.95. The van der Waals surface area contributed by atoms with Crippen LogP contribution in [0.15, 0.2) is 52.2 Å². The van der Waals surface area contributed by atoms with Gasteiger partial charge in [-0.2, -0.15) is 0 Å². The molecule has 1 aliphatic rings. The summed E-state index contributed by atoms with van der Waals surface area (Å²) in [6.45, 7) is 0. The van der Waals surface area contributed by atoms with Crippen LogP contribution in [0.5, 0.6) is 5.75 Å². The number of aromatic amines is 2. The minimum Gasteiger partial charge on any atom is -0.496 e. The molecule has 4 rings (SSSR count). The van der Waals surface area contributed by atoms with E-state index in [2.05, 4.69) is 14.7 Å². The zero-order chi connectivity index (χ0) is 25.4. The molecule has 1 aliphatic carbocycles. The van der Waals surface area contributed by atoms with Crippen molar-refractivity contribution in [3.63, 3.8) is 0 Å². The first-order valence-corrected chi connectivity index (χ1v) is 12.5. The summed E-state index contributed by atoms with van der Waals surface area (Å²) in [7, 11) is -2.01. The molecule has 0 unspecified atom stereocenters. The van der Waals surface area contributed by atoms with Gasteiger partial charge in [-0.15, -0.1) is 0 Å². The summed E-state index contributed by atoms with van der Waals surface area (Å²) in [4.78, 5) is 28.4. The Morgan fingerprint density at radius 2 is 1.80 bits per heavy atom. The number of benzene rings is 2. The van der Waals surface area contributed by atoms with Crippen LogP contribution in [0.3, 0.4) is 0 Å². The first-order valence-electron chi connectivity index (χ1n) is 10.6. The minimum absolute atomic E-state index is 0.129. The van der Waals surface area contributed by atoms with Crippen LogP contribution in [-0.2, 0) is 15.4 Å². The second-order valence-corrected chi connectivity index (χ2v) is 10.2. The predicted molar refractivity (Wildman–Crippen MR) is 130 cm³/mol. The van der Waals surface area contributed by atoms with Crippen molar-refractivity contribution in [1.29, 1.82) is 0 Å². The van der Waals surface area contributed by atoms with Crippen LogP contribution in [0.4, 0.5) is 14.5 Å². The summed E-state index contributed by atoms with van der Waals surface area (Å²) < 4.78 is 58.8. The number of nitrogens with one attached hydrogen (secondary N) is 3. The number of hydrogen-bond acceptors (Lipinski definition) is 5. The zero-order valence-corrected chi connectivity index (χ0v) is 19.7. The molecule has 0 amide bonds. The van der Waals surface area contributed by atoms with Gasteiger partial charge in [-0.1, -0.05) is 24.3 Å². The molecule has 0 bridgehead atoms. The molecule has 8 nitrogen and oxygen atoms in total. The van der Waals surface area contributed by atoms with Crippen molar-refractivity contribution in [1.82, 2.24) is 9.97 Å². The van der Waals surface area contributed by atoms with Crippen LogP contribution in [-0.4, -0.2) is 38.2 Å². The van der Waals surface area contributed by atoms with E-state index in [0.717, 1.165) is 11.8 Å². The third-order valence-electron chi connectivity index (χ3n) is 5.86. The van der Waals surface area contributed by atoms with E-state index in [9.17, 15) is 26.8 Å². The Bertz CT molecular complexity index is 1510. The topological polar surface area (TPSA) is 121 Å². The van der Waals surface area contributed by atoms with Gasteiger partial charge in [0.2, 0.25) is 16.4 Å². The molecular weight excluding hydrogens is 480 g/mol. The average molecular weight is 504 g/mol. The van der Waals surface area contributed by atoms with Crippen molar-refractivity contribution in [2.75, 3.05) is 18.1 Å². The molecule has 1 aromatic heterocycles. The van der Waals surface area contributed by atoms with Gasteiger partial charge in [0.25, 0.3) is 5.56 Å². The Labute approximate surface area is 199 Å². The molecule has 11 heteroatoms. The van der Waals surface area contributed by atoms with E-state index in [0.29, 0.717) is 22.4 Å². The van der Waals surface area contributed by atoms with Gasteiger partial charge in [0.1, 0.15) is 5.75 Å². The van der Waals surface area contributed by atoms with Crippen molar-refractivity contribution < 1.29 is 21.9 Å². The summed E-state index contributed by atoms with van der Waals surface area (Å²) in [5, 5.41) is 0. The van der Waals surface area contributed by atoms with E-state index >= 15 is 0 Å². The molecule has 1 fully saturated rings. The van der Waals surface area contributed by atoms with Gasteiger partial charge in [0.15, 0.2) is 0 Å². The first-order chi connectivity index (χ1) is 16.5. The molecule has 2 aromatic carbocycles. The van der Waals surface area contributed by atoms with Gasteiger partial charge >= 0.3 is 5.69 Å². The number of hydrogen-bond donors (Lipinski definition) is 3. The van der Waals surface area contributed by atoms with E-state index in [1.165, 1.54) is 19.4 Å². The molecule has 1 heterocycles. The number of rotatable bonds is 8. The van der Waals surface area contributed by atoms with Crippen molar-refractivity contribution in [3.8, 4) is 16.9 Å². The molecule has 0 saturated heterocycles. The largest absolute Gasteiger partial charge is 0.496 e. The number of ether oxygens (including phenoxy) is 1. The number of aromatic nitrogens is 2. The van der Waals surface area contributed by atoms with E-state index in [-0.39, 0.29) is 24.2 Å². The zero-order valence-electron chi connectivity index (χ0n) is 18.9. The molecule has 0 radical (unpaired) electrons. The van der Waals surface area contributed by atoms with Crippen molar-refractivity contribution >= 4 is 27.9 Å².